The number of alkyl halides is 1. The highest BCUT2D eigenvalue weighted by molar-refractivity contribution is 6.18. The second-order valence-corrected chi connectivity index (χ2v) is 4.35. The molecule has 2 atom stereocenters. The molecule has 2 rings (SSSR count). The summed E-state index contributed by atoms with van der Waals surface area (Å²) in [5.41, 5.74) is 2.23. The average Bonchev–Trinajstić information content (AvgIpc) is 2.38. The van der Waals surface area contributed by atoms with Gasteiger partial charge in [-0.3, -0.25) is 4.98 Å². The Morgan fingerprint density at radius 3 is 3.19 bits per heavy atom. The first-order valence-electron chi connectivity index (χ1n) is 5.68. The number of nitrogens with zero attached hydrogens (tertiary/aromatic N) is 1. The highest BCUT2D eigenvalue weighted by Gasteiger charge is 2.24. The number of hydrogen-bond acceptors (Lipinski definition) is 3. The van der Waals surface area contributed by atoms with Crippen LogP contribution in [0.3, 0.4) is 0 Å². The van der Waals surface area contributed by atoms with Crippen LogP contribution >= 0.6 is 11.6 Å². The van der Waals surface area contributed by atoms with Gasteiger partial charge in [0.1, 0.15) is 0 Å². The number of pyridine rings is 1. The van der Waals surface area contributed by atoms with E-state index in [1.165, 1.54) is 12.0 Å². The van der Waals surface area contributed by atoms with Gasteiger partial charge in [-0.05, 0) is 25.3 Å². The molecule has 0 radical (unpaired) electrons. The van der Waals surface area contributed by atoms with Gasteiger partial charge in [0.15, 0.2) is 0 Å². The molecule has 0 aliphatic carbocycles. The fraction of sp³-hybridized carbons (Fsp3) is 0.583. The zero-order valence-corrected chi connectivity index (χ0v) is 10.2. The van der Waals surface area contributed by atoms with Crippen LogP contribution in [0.2, 0.25) is 0 Å². The van der Waals surface area contributed by atoms with Crippen LogP contribution < -0.4 is 5.32 Å². The molecule has 0 aromatic carbocycles. The minimum Gasteiger partial charge on any atom is -0.387 e. The van der Waals surface area contributed by atoms with Crippen LogP contribution in [-0.4, -0.2) is 24.0 Å². The molecule has 2 unspecified atom stereocenters. The molecule has 2 heterocycles. The van der Waals surface area contributed by atoms with Crippen LogP contribution in [0.15, 0.2) is 18.5 Å². The topological polar surface area (TPSA) is 34.2 Å². The van der Waals surface area contributed by atoms with Crippen LogP contribution in [-0.2, 0) is 4.74 Å². The summed E-state index contributed by atoms with van der Waals surface area (Å²) in [6, 6.07) is 2.02. The monoisotopic (exact) mass is 240 g/mol. The van der Waals surface area contributed by atoms with Crippen molar-refractivity contribution in [3.63, 3.8) is 0 Å². The Labute approximate surface area is 101 Å². The fourth-order valence-corrected chi connectivity index (χ4v) is 2.36. The maximum Gasteiger partial charge on any atom is 0.0850 e. The predicted octanol–water partition coefficient (Wildman–Crippen LogP) is 2.97. The molecule has 1 aliphatic rings. The average molecular weight is 241 g/mol. The first-order chi connectivity index (χ1) is 7.85. The SMILES string of the molecule is CNc1cnccc1C1CCCC(CCl)O1. The van der Waals surface area contributed by atoms with E-state index < -0.39 is 0 Å². The molecule has 1 aromatic rings. The molecule has 88 valence electrons. The second kappa shape index (κ2) is 5.51. The summed E-state index contributed by atoms with van der Waals surface area (Å²) in [4.78, 5) is 4.11. The van der Waals surface area contributed by atoms with E-state index in [1.54, 1.807) is 0 Å². The first-order valence-corrected chi connectivity index (χ1v) is 6.21. The van der Waals surface area contributed by atoms with E-state index >= 15 is 0 Å². The van der Waals surface area contributed by atoms with Gasteiger partial charge in [-0.25, -0.2) is 0 Å². The van der Waals surface area contributed by atoms with Crippen LogP contribution in [0.1, 0.15) is 30.9 Å². The van der Waals surface area contributed by atoms with Crippen molar-refractivity contribution in [3.05, 3.63) is 24.0 Å². The number of anilines is 1. The van der Waals surface area contributed by atoms with Crippen LogP contribution in [0.4, 0.5) is 5.69 Å². The van der Waals surface area contributed by atoms with Gasteiger partial charge in [0.05, 0.1) is 24.1 Å². The summed E-state index contributed by atoms with van der Waals surface area (Å²) in [6.07, 6.45) is 7.30. The van der Waals surface area contributed by atoms with Crippen molar-refractivity contribution in [1.82, 2.24) is 4.98 Å². The minimum absolute atomic E-state index is 0.156. The van der Waals surface area contributed by atoms with Gasteiger partial charge in [0, 0.05) is 24.7 Å². The molecule has 1 fully saturated rings. The zero-order chi connectivity index (χ0) is 11.4. The van der Waals surface area contributed by atoms with Gasteiger partial charge in [-0.15, -0.1) is 11.6 Å². The zero-order valence-electron chi connectivity index (χ0n) is 9.45. The molecule has 16 heavy (non-hydrogen) atoms. The lowest BCUT2D eigenvalue weighted by molar-refractivity contribution is -0.0393. The molecular weight excluding hydrogens is 224 g/mol. The van der Waals surface area contributed by atoms with Crippen molar-refractivity contribution in [2.45, 2.75) is 31.5 Å². The molecule has 0 bridgehead atoms. The van der Waals surface area contributed by atoms with Gasteiger partial charge in [-0.2, -0.15) is 0 Å². The van der Waals surface area contributed by atoms with Crippen LogP contribution in [0.25, 0.3) is 0 Å². The summed E-state index contributed by atoms with van der Waals surface area (Å²) < 4.78 is 5.96. The summed E-state index contributed by atoms with van der Waals surface area (Å²) >= 11 is 5.85. The Balaban J connectivity index is 2.16. The third kappa shape index (κ3) is 2.47. The smallest absolute Gasteiger partial charge is 0.0850 e. The van der Waals surface area contributed by atoms with E-state index in [4.69, 9.17) is 16.3 Å². The van der Waals surface area contributed by atoms with Gasteiger partial charge < -0.3 is 10.1 Å². The molecule has 4 heteroatoms. The highest BCUT2D eigenvalue weighted by Crippen LogP contribution is 2.34. The standard InChI is InChI=1S/C12H17ClN2O/c1-14-11-8-15-6-5-10(11)12-4-2-3-9(7-13)16-12/h5-6,8-9,12,14H,2-4,7H2,1H3. The lowest BCUT2D eigenvalue weighted by Crippen LogP contribution is -2.24. The Kier molecular flexibility index (Phi) is 4.02. The Morgan fingerprint density at radius 2 is 2.44 bits per heavy atom. The van der Waals surface area contributed by atoms with E-state index in [0.717, 1.165) is 18.5 Å². The van der Waals surface area contributed by atoms with Crippen molar-refractivity contribution < 1.29 is 4.74 Å². The van der Waals surface area contributed by atoms with Crippen molar-refractivity contribution in [2.24, 2.45) is 0 Å². The van der Waals surface area contributed by atoms with E-state index in [2.05, 4.69) is 10.3 Å². The van der Waals surface area contributed by atoms with E-state index in [-0.39, 0.29) is 12.2 Å². The number of rotatable bonds is 3. The Hall–Kier alpha value is -0.800. The van der Waals surface area contributed by atoms with Crippen molar-refractivity contribution in [2.75, 3.05) is 18.2 Å². The molecule has 1 N–H and O–H groups in total. The summed E-state index contributed by atoms with van der Waals surface area (Å²) in [7, 11) is 1.91. The van der Waals surface area contributed by atoms with Crippen LogP contribution in [0.5, 0.6) is 0 Å². The molecule has 1 saturated heterocycles. The highest BCUT2D eigenvalue weighted by atomic mass is 35.5. The number of nitrogens with one attached hydrogen (secondary N) is 1. The molecule has 0 amide bonds. The lowest BCUT2D eigenvalue weighted by Gasteiger charge is -2.30. The van der Waals surface area contributed by atoms with Gasteiger partial charge in [0.25, 0.3) is 0 Å². The summed E-state index contributed by atoms with van der Waals surface area (Å²) in [6.45, 7) is 0. The van der Waals surface area contributed by atoms with Gasteiger partial charge in [0.2, 0.25) is 0 Å². The quantitative estimate of drug-likeness (QED) is 0.825. The maximum absolute atomic E-state index is 5.96. The summed E-state index contributed by atoms with van der Waals surface area (Å²) in [5, 5.41) is 3.15. The van der Waals surface area contributed by atoms with Crippen LogP contribution in [0, 0.1) is 0 Å². The molecule has 1 aromatic heterocycles. The third-order valence-corrected chi connectivity index (χ3v) is 3.34. The molecular formula is C12H17ClN2O. The second-order valence-electron chi connectivity index (χ2n) is 4.04. The fourth-order valence-electron chi connectivity index (χ4n) is 2.14. The minimum atomic E-state index is 0.156. The van der Waals surface area contributed by atoms with Crippen molar-refractivity contribution in [1.29, 1.82) is 0 Å². The summed E-state index contributed by atoms with van der Waals surface area (Å²) in [5.74, 6) is 0.580. The maximum atomic E-state index is 5.96. The predicted molar refractivity (Wildman–Crippen MR) is 66.0 cm³/mol. The lowest BCUT2D eigenvalue weighted by atomic mass is 9.98. The number of hydrogen-bond donors (Lipinski definition) is 1. The number of aromatic nitrogens is 1. The first kappa shape index (κ1) is 11.7. The van der Waals surface area contributed by atoms with E-state index in [0.29, 0.717) is 5.88 Å². The molecule has 0 spiro atoms. The largest absolute Gasteiger partial charge is 0.387 e. The number of halogens is 1. The van der Waals surface area contributed by atoms with E-state index in [1.807, 2.05) is 25.5 Å². The van der Waals surface area contributed by atoms with Crippen molar-refractivity contribution in [3.8, 4) is 0 Å². The van der Waals surface area contributed by atoms with Gasteiger partial charge in [-0.1, -0.05) is 0 Å². The molecule has 0 saturated carbocycles. The Bertz CT molecular complexity index is 346. The molecule has 1 aliphatic heterocycles. The molecule has 3 nitrogen and oxygen atoms in total. The third-order valence-electron chi connectivity index (χ3n) is 2.99. The number of ether oxygens (including phenoxy) is 1. The van der Waals surface area contributed by atoms with E-state index in [9.17, 15) is 0 Å². The normalized spacial score (nSPS) is 25.4. The van der Waals surface area contributed by atoms with Crippen molar-refractivity contribution >= 4 is 17.3 Å². The van der Waals surface area contributed by atoms with Gasteiger partial charge >= 0.3 is 0 Å². The Morgan fingerprint density at radius 1 is 1.56 bits per heavy atom.